The summed E-state index contributed by atoms with van der Waals surface area (Å²) in [7, 11) is 0. The average Bonchev–Trinajstić information content (AvgIpc) is 3.15. The Morgan fingerprint density at radius 3 is 2.80 bits per heavy atom. The molecule has 1 aliphatic heterocycles. The Balaban J connectivity index is 1.51. The van der Waals surface area contributed by atoms with Gasteiger partial charge in [-0.2, -0.15) is 0 Å². The lowest BCUT2D eigenvalue weighted by Gasteiger charge is -2.20. The van der Waals surface area contributed by atoms with Crippen molar-refractivity contribution in [3.05, 3.63) is 11.9 Å². The Kier molecular flexibility index (Phi) is 4.05. The number of hydrogen-bond donors (Lipinski definition) is 2. The third-order valence-electron chi connectivity index (χ3n) is 4.11. The molecule has 1 aliphatic carbocycles. The summed E-state index contributed by atoms with van der Waals surface area (Å²) in [6, 6.07) is 1.84. The van der Waals surface area contributed by atoms with Crippen molar-refractivity contribution in [1.29, 1.82) is 0 Å². The monoisotopic (exact) mass is 275 g/mol. The van der Waals surface area contributed by atoms with Gasteiger partial charge < -0.3 is 16.0 Å². The molecule has 0 aromatic carbocycles. The average molecular weight is 275 g/mol. The van der Waals surface area contributed by atoms with Crippen LogP contribution in [0.5, 0.6) is 0 Å². The van der Waals surface area contributed by atoms with E-state index in [0.717, 1.165) is 18.2 Å². The van der Waals surface area contributed by atoms with Crippen LogP contribution in [0.2, 0.25) is 0 Å². The molecule has 0 bridgehead atoms. The van der Waals surface area contributed by atoms with Crippen molar-refractivity contribution in [1.82, 2.24) is 14.9 Å². The van der Waals surface area contributed by atoms with Gasteiger partial charge in [-0.05, 0) is 44.7 Å². The van der Waals surface area contributed by atoms with E-state index in [0.29, 0.717) is 17.7 Å². The molecule has 3 rings (SSSR count). The van der Waals surface area contributed by atoms with Gasteiger partial charge in [0.05, 0.1) is 0 Å². The quantitative estimate of drug-likeness (QED) is 0.832. The van der Waals surface area contributed by atoms with Gasteiger partial charge in [-0.15, -0.1) is 0 Å². The minimum absolute atomic E-state index is 0.543. The Morgan fingerprint density at radius 1 is 1.35 bits per heavy atom. The highest BCUT2D eigenvalue weighted by atomic mass is 15.1. The highest BCUT2D eigenvalue weighted by Gasteiger charge is 2.27. The van der Waals surface area contributed by atoms with E-state index in [-0.39, 0.29) is 0 Å². The molecular weight excluding hydrogens is 250 g/mol. The Bertz CT molecular complexity index is 452. The van der Waals surface area contributed by atoms with Crippen LogP contribution >= 0.6 is 0 Å². The van der Waals surface area contributed by atoms with Gasteiger partial charge in [0.1, 0.15) is 17.5 Å². The molecule has 2 heterocycles. The maximum Gasteiger partial charge on any atom is 0.136 e. The van der Waals surface area contributed by atoms with E-state index in [4.69, 9.17) is 5.73 Å². The van der Waals surface area contributed by atoms with Crippen LogP contribution in [0.15, 0.2) is 6.07 Å². The van der Waals surface area contributed by atoms with Gasteiger partial charge in [0.2, 0.25) is 0 Å². The first-order valence-electron chi connectivity index (χ1n) is 7.81. The maximum absolute atomic E-state index is 5.86. The Morgan fingerprint density at radius 2 is 2.10 bits per heavy atom. The van der Waals surface area contributed by atoms with Crippen molar-refractivity contribution in [3.63, 3.8) is 0 Å². The molecule has 1 atom stereocenters. The van der Waals surface area contributed by atoms with Crippen LogP contribution in [0.1, 0.15) is 44.3 Å². The lowest BCUT2D eigenvalue weighted by molar-refractivity contribution is 0.294. The Labute approximate surface area is 121 Å². The highest BCUT2D eigenvalue weighted by Crippen LogP contribution is 2.38. The topological polar surface area (TPSA) is 67.1 Å². The maximum atomic E-state index is 5.86. The summed E-state index contributed by atoms with van der Waals surface area (Å²) in [4.78, 5) is 11.5. The van der Waals surface area contributed by atoms with Crippen LogP contribution in [0.3, 0.4) is 0 Å². The summed E-state index contributed by atoms with van der Waals surface area (Å²) in [5.41, 5.74) is 5.86. The Hall–Kier alpha value is -1.36. The van der Waals surface area contributed by atoms with Gasteiger partial charge in [0.25, 0.3) is 0 Å². The third-order valence-corrected chi connectivity index (χ3v) is 4.11. The second kappa shape index (κ2) is 5.95. The predicted molar refractivity (Wildman–Crippen MR) is 81.7 cm³/mol. The second-order valence-corrected chi connectivity index (χ2v) is 6.30. The van der Waals surface area contributed by atoms with E-state index < -0.39 is 0 Å². The fourth-order valence-corrected chi connectivity index (χ4v) is 2.85. The van der Waals surface area contributed by atoms with Crippen LogP contribution in [0, 0.1) is 5.92 Å². The van der Waals surface area contributed by atoms with Crippen molar-refractivity contribution in [2.24, 2.45) is 5.92 Å². The molecule has 1 saturated heterocycles. The highest BCUT2D eigenvalue weighted by molar-refractivity contribution is 5.45. The summed E-state index contributed by atoms with van der Waals surface area (Å²) in [6.45, 7) is 6.92. The van der Waals surface area contributed by atoms with Crippen molar-refractivity contribution < 1.29 is 0 Å². The molecule has 110 valence electrons. The van der Waals surface area contributed by atoms with Crippen LogP contribution < -0.4 is 11.1 Å². The summed E-state index contributed by atoms with van der Waals surface area (Å²) in [6.07, 6.45) is 5.11. The smallest absolute Gasteiger partial charge is 0.136 e. The minimum Gasteiger partial charge on any atom is -0.384 e. The number of hydrogen-bond acceptors (Lipinski definition) is 5. The summed E-state index contributed by atoms with van der Waals surface area (Å²) < 4.78 is 0. The van der Waals surface area contributed by atoms with Gasteiger partial charge in [-0.3, -0.25) is 0 Å². The fraction of sp³-hybridized carbons (Fsp3) is 0.733. The normalized spacial score (nSPS) is 21.1. The third kappa shape index (κ3) is 3.60. The van der Waals surface area contributed by atoms with Crippen molar-refractivity contribution in [2.45, 2.75) is 38.5 Å². The van der Waals surface area contributed by atoms with E-state index >= 15 is 0 Å². The van der Waals surface area contributed by atoms with Gasteiger partial charge in [-0.25, -0.2) is 9.97 Å². The fourth-order valence-electron chi connectivity index (χ4n) is 2.85. The molecule has 3 N–H and O–H groups in total. The number of likely N-dealkylation sites (tertiary alicyclic amines) is 1. The molecule has 1 aromatic heterocycles. The van der Waals surface area contributed by atoms with Gasteiger partial charge >= 0.3 is 0 Å². The number of nitrogen functional groups attached to an aromatic ring is 1. The number of nitrogens with one attached hydrogen (secondary N) is 1. The largest absolute Gasteiger partial charge is 0.384 e. The van der Waals surface area contributed by atoms with Gasteiger partial charge in [0, 0.05) is 25.1 Å². The molecule has 1 saturated carbocycles. The molecule has 0 amide bonds. The van der Waals surface area contributed by atoms with E-state index in [2.05, 4.69) is 27.1 Å². The van der Waals surface area contributed by atoms with E-state index in [1.54, 1.807) is 0 Å². The van der Waals surface area contributed by atoms with E-state index in [1.165, 1.54) is 45.3 Å². The van der Waals surface area contributed by atoms with Crippen LogP contribution in [-0.2, 0) is 0 Å². The SMILES string of the molecule is CC(CNc1cc(N)nc(C2CC2)n1)CN1CCCC1. The molecule has 0 radical (unpaired) electrons. The van der Waals surface area contributed by atoms with Crippen LogP contribution in [-0.4, -0.2) is 41.0 Å². The van der Waals surface area contributed by atoms with E-state index in [1.807, 2.05) is 6.07 Å². The first-order chi connectivity index (χ1) is 9.70. The molecule has 2 fully saturated rings. The number of aromatic nitrogens is 2. The lowest BCUT2D eigenvalue weighted by Crippen LogP contribution is -2.29. The van der Waals surface area contributed by atoms with E-state index in [9.17, 15) is 0 Å². The number of nitrogens with two attached hydrogens (primary N) is 1. The molecular formula is C15H25N5. The molecule has 1 unspecified atom stereocenters. The van der Waals surface area contributed by atoms with Crippen molar-refractivity contribution >= 4 is 11.6 Å². The first kappa shape index (κ1) is 13.6. The van der Waals surface area contributed by atoms with Gasteiger partial charge in [0.15, 0.2) is 0 Å². The van der Waals surface area contributed by atoms with Gasteiger partial charge in [-0.1, -0.05) is 6.92 Å². The molecule has 20 heavy (non-hydrogen) atoms. The van der Waals surface area contributed by atoms with Crippen LogP contribution in [0.25, 0.3) is 0 Å². The molecule has 0 spiro atoms. The molecule has 1 aromatic rings. The molecule has 2 aliphatic rings. The zero-order valence-corrected chi connectivity index (χ0v) is 12.3. The van der Waals surface area contributed by atoms with Crippen molar-refractivity contribution in [3.8, 4) is 0 Å². The molecule has 5 heteroatoms. The zero-order chi connectivity index (χ0) is 13.9. The summed E-state index contributed by atoms with van der Waals surface area (Å²) in [5.74, 6) is 3.54. The predicted octanol–water partition coefficient (Wildman–Crippen LogP) is 2.08. The standard InChI is InChI=1S/C15H25N5/c1-11(10-20-6-2-3-7-20)9-17-14-8-13(16)18-15(19-14)12-4-5-12/h8,11-12H,2-7,9-10H2,1H3,(H3,16,17,18,19). The first-order valence-corrected chi connectivity index (χ1v) is 7.81. The number of nitrogens with zero attached hydrogens (tertiary/aromatic N) is 3. The summed E-state index contributed by atoms with van der Waals surface area (Å²) in [5, 5.41) is 3.42. The minimum atomic E-state index is 0.543. The zero-order valence-electron chi connectivity index (χ0n) is 12.3. The van der Waals surface area contributed by atoms with Crippen LogP contribution in [0.4, 0.5) is 11.6 Å². The molecule has 5 nitrogen and oxygen atoms in total. The number of rotatable bonds is 6. The lowest BCUT2D eigenvalue weighted by atomic mass is 10.1. The summed E-state index contributed by atoms with van der Waals surface area (Å²) >= 11 is 0. The second-order valence-electron chi connectivity index (χ2n) is 6.30. The van der Waals surface area contributed by atoms with Crippen molar-refractivity contribution in [2.75, 3.05) is 37.2 Å². The number of anilines is 2.